The zero-order valence-electron chi connectivity index (χ0n) is 17.9. The Kier molecular flexibility index (Phi) is 6.88. The quantitative estimate of drug-likeness (QED) is 0.415. The number of nitrogens with zero attached hydrogens (tertiary/aromatic N) is 2. The van der Waals surface area contributed by atoms with Gasteiger partial charge in [0.15, 0.2) is 0 Å². The predicted molar refractivity (Wildman–Crippen MR) is 128 cm³/mol. The van der Waals surface area contributed by atoms with Gasteiger partial charge in [-0.2, -0.15) is 0 Å². The van der Waals surface area contributed by atoms with Gasteiger partial charge >= 0.3 is 0 Å². The van der Waals surface area contributed by atoms with Gasteiger partial charge in [-0.05, 0) is 74.0 Å². The highest BCUT2D eigenvalue weighted by molar-refractivity contribution is 7.90. The number of aromatic nitrogens is 2. The van der Waals surface area contributed by atoms with Crippen LogP contribution in [0.3, 0.4) is 0 Å². The van der Waals surface area contributed by atoms with Crippen molar-refractivity contribution in [1.82, 2.24) is 14.3 Å². The summed E-state index contributed by atoms with van der Waals surface area (Å²) in [5, 5.41) is 7.23. The molecule has 0 saturated carbocycles. The molecular formula is C23H24ClFN4O2S. The topological polar surface area (TPSA) is 76.0 Å². The summed E-state index contributed by atoms with van der Waals surface area (Å²) in [6.07, 6.45) is 4.52. The lowest BCUT2D eigenvalue weighted by Gasteiger charge is -2.14. The normalized spacial score (nSPS) is 11.4. The first kappa shape index (κ1) is 23.7. The van der Waals surface area contributed by atoms with E-state index in [9.17, 15) is 12.8 Å². The van der Waals surface area contributed by atoms with Crippen molar-refractivity contribution in [3.8, 4) is 0 Å². The first-order valence-corrected chi connectivity index (χ1v) is 11.2. The third kappa shape index (κ3) is 4.34. The van der Waals surface area contributed by atoms with E-state index < -0.39 is 10.0 Å². The predicted octanol–water partition coefficient (Wildman–Crippen LogP) is 4.91. The van der Waals surface area contributed by atoms with Gasteiger partial charge in [0.1, 0.15) is 10.7 Å². The lowest BCUT2D eigenvalue weighted by molar-refractivity contribution is 0.588. The highest BCUT2D eigenvalue weighted by Crippen LogP contribution is 2.31. The fraction of sp³-hybridized carbons (Fsp3) is 0.174. The smallest absolute Gasteiger partial charge is 0.269 e. The van der Waals surface area contributed by atoms with Gasteiger partial charge in [0, 0.05) is 41.9 Å². The van der Waals surface area contributed by atoms with Crippen LogP contribution in [0.2, 0.25) is 0 Å². The molecule has 32 heavy (non-hydrogen) atoms. The van der Waals surface area contributed by atoms with E-state index in [1.54, 1.807) is 18.3 Å². The highest BCUT2D eigenvalue weighted by atomic mass is 35.5. The van der Waals surface area contributed by atoms with E-state index in [0.29, 0.717) is 17.7 Å². The van der Waals surface area contributed by atoms with Crippen LogP contribution in [0.5, 0.6) is 0 Å². The minimum atomic E-state index is -3.83. The van der Waals surface area contributed by atoms with Gasteiger partial charge in [0.05, 0.1) is 5.52 Å². The first-order chi connectivity index (χ1) is 14.8. The number of aryl methyl sites for hydroxylation is 2. The van der Waals surface area contributed by atoms with E-state index in [2.05, 4.69) is 15.6 Å². The fourth-order valence-electron chi connectivity index (χ4n) is 3.74. The van der Waals surface area contributed by atoms with Crippen molar-refractivity contribution in [2.75, 3.05) is 12.4 Å². The van der Waals surface area contributed by atoms with Gasteiger partial charge in [-0.25, -0.2) is 16.8 Å². The molecule has 0 radical (unpaired) electrons. The van der Waals surface area contributed by atoms with Crippen LogP contribution in [0.25, 0.3) is 10.9 Å². The molecule has 6 nitrogen and oxygen atoms in total. The number of hydrogen-bond acceptors (Lipinski definition) is 5. The van der Waals surface area contributed by atoms with Crippen LogP contribution in [0.4, 0.5) is 15.8 Å². The van der Waals surface area contributed by atoms with E-state index in [1.807, 2.05) is 33.0 Å². The Morgan fingerprint density at radius 2 is 1.81 bits per heavy atom. The molecular weight excluding hydrogens is 451 g/mol. The van der Waals surface area contributed by atoms with Gasteiger partial charge in [-0.1, -0.05) is 6.07 Å². The van der Waals surface area contributed by atoms with Crippen molar-refractivity contribution >= 4 is 44.7 Å². The van der Waals surface area contributed by atoms with Gasteiger partial charge in [0.2, 0.25) is 0 Å². The Morgan fingerprint density at radius 3 is 2.44 bits per heavy atom. The van der Waals surface area contributed by atoms with Crippen LogP contribution in [-0.2, 0) is 16.6 Å². The van der Waals surface area contributed by atoms with Gasteiger partial charge in [0.25, 0.3) is 10.0 Å². The maximum absolute atomic E-state index is 13.7. The second-order valence-electron chi connectivity index (χ2n) is 7.45. The molecule has 4 rings (SSSR count). The van der Waals surface area contributed by atoms with Crippen LogP contribution in [0.1, 0.15) is 16.7 Å². The number of rotatable bonds is 6. The molecule has 0 fully saturated rings. The number of hydrogen-bond donors (Lipinski definition) is 2. The van der Waals surface area contributed by atoms with Crippen molar-refractivity contribution in [2.24, 2.45) is 0 Å². The Balaban J connectivity index is 0.00000289. The van der Waals surface area contributed by atoms with Crippen LogP contribution >= 0.6 is 12.4 Å². The van der Waals surface area contributed by atoms with Crippen molar-refractivity contribution in [2.45, 2.75) is 25.3 Å². The lowest BCUT2D eigenvalue weighted by Crippen LogP contribution is -2.12. The van der Waals surface area contributed by atoms with E-state index in [0.717, 1.165) is 27.8 Å². The summed E-state index contributed by atoms with van der Waals surface area (Å²) < 4.78 is 41.6. The second kappa shape index (κ2) is 9.28. The average Bonchev–Trinajstić information content (AvgIpc) is 3.10. The average molecular weight is 475 g/mol. The van der Waals surface area contributed by atoms with Gasteiger partial charge in [-0.3, -0.25) is 4.98 Å². The minimum Gasteiger partial charge on any atom is -0.355 e. The van der Waals surface area contributed by atoms with Crippen LogP contribution in [0.15, 0.2) is 66.0 Å². The molecule has 0 amide bonds. The van der Waals surface area contributed by atoms with Crippen molar-refractivity contribution in [3.05, 3.63) is 83.6 Å². The Bertz CT molecular complexity index is 1350. The molecule has 0 atom stereocenters. The molecule has 2 aromatic carbocycles. The third-order valence-electron chi connectivity index (χ3n) is 5.18. The summed E-state index contributed by atoms with van der Waals surface area (Å²) in [7, 11) is -2.01. The largest absolute Gasteiger partial charge is 0.355 e. The zero-order chi connectivity index (χ0) is 22.2. The molecule has 0 aliphatic carbocycles. The molecule has 0 spiro atoms. The fourth-order valence-corrected chi connectivity index (χ4v) is 5.09. The van der Waals surface area contributed by atoms with E-state index in [1.165, 1.54) is 34.6 Å². The summed E-state index contributed by atoms with van der Waals surface area (Å²) in [6.45, 7) is 4.18. The van der Waals surface area contributed by atoms with Crippen molar-refractivity contribution in [1.29, 1.82) is 0 Å². The summed E-state index contributed by atoms with van der Waals surface area (Å²) >= 11 is 0. The number of nitrogens with one attached hydrogen (secondary N) is 2. The number of benzene rings is 2. The molecule has 168 valence electrons. The molecule has 2 N–H and O–H groups in total. The van der Waals surface area contributed by atoms with Gasteiger partial charge in [-0.15, -0.1) is 12.4 Å². The Hall–Kier alpha value is -2.94. The maximum atomic E-state index is 13.7. The highest BCUT2D eigenvalue weighted by Gasteiger charge is 2.21. The van der Waals surface area contributed by atoms with Crippen LogP contribution in [0, 0.1) is 19.7 Å². The number of anilines is 2. The molecule has 2 aromatic heterocycles. The molecule has 0 unspecified atom stereocenters. The van der Waals surface area contributed by atoms with Crippen molar-refractivity contribution < 1.29 is 12.8 Å². The molecule has 4 aromatic rings. The summed E-state index contributed by atoms with van der Waals surface area (Å²) in [5.74, 6) is -0.288. The molecule has 2 heterocycles. The molecule has 0 aliphatic heterocycles. The SMILES string of the molecule is CNCc1cn(S(=O)(=O)c2cccnc2)c2cc(Nc3c(C)cc(F)cc3C)ccc12.Cl. The monoisotopic (exact) mass is 474 g/mol. The number of fused-ring (bicyclic) bond motifs is 1. The first-order valence-electron chi connectivity index (χ1n) is 9.79. The van der Waals surface area contributed by atoms with Crippen molar-refractivity contribution in [3.63, 3.8) is 0 Å². The standard InChI is InChI=1S/C23H23FN4O2S.ClH/c1-15-9-18(24)10-16(2)23(15)27-19-6-7-21-17(12-25-3)14-28(22(21)11-19)31(29,30)20-5-4-8-26-13-20;/h4-11,13-14,25,27H,12H2,1-3H3;1H. The van der Waals surface area contributed by atoms with Crippen LogP contribution < -0.4 is 10.6 Å². The Morgan fingerprint density at radius 1 is 1.09 bits per heavy atom. The minimum absolute atomic E-state index is 0. The molecule has 9 heteroatoms. The molecule has 0 bridgehead atoms. The summed E-state index contributed by atoms with van der Waals surface area (Å²) in [6, 6.07) is 11.6. The second-order valence-corrected chi connectivity index (χ2v) is 9.26. The third-order valence-corrected chi connectivity index (χ3v) is 6.84. The number of halogens is 2. The number of pyridine rings is 1. The molecule has 0 saturated heterocycles. The van der Waals surface area contributed by atoms with E-state index in [4.69, 9.17) is 0 Å². The van der Waals surface area contributed by atoms with E-state index in [-0.39, 0.29) is 23.1 Å². The summed E-state index contributed by atoms with van der Waals surface area (Å²) in [5.41, 5.74) is 4.47. The maximum Gasteiger partial charge on any atom is 0.269 e. The molecule has 0 aliphatic rings. The Labute approximate surface area is 193 Å². The summed E-state index contributed by atoms with van der Waals surface area (Å²) in [4.78, 5) is 4.07. The van der Waals surface area contributed by atoms with E-state index >= 15 is 0 Å². The van der Waals surface area contributed by atoms with Crippen LogP contribution in [-0.4, -0.2) is 24.4 Å². The lowest BCUT2D eigenvalue weighted by atomic mass is 10.1. The zero-order valence-corrected chi connectivity index (χ0v) is 19.5. The van der Waals surface area contributed by atoms with Gasteiger partial charge < -0.3 is 10.6 Å².